The number of carbonyl (C=O) groups is 3. The summed E-state index contributed by atoms with van der Waals surface area (Å²) < 4.78 is 11.9. The maximum absolute atomic E-state index is 12.7. The van der Waals surface area contributed by atoms with Gasteiger partial charge in [0.1, 0.15) is 5.56 Å². The van der Waals surface area contributed by atoms with Gasteiger partial charge in [0.2, 0.25) is 0 Å². The highest BCUT2D eigenvalue weighted by molar-refractivity contribution is 5.95. The molecule has 172 valence electrons. The molecule has 0 aliphatic carbocycles. The quantitative estimate of drug-likeness (QED) is 0.579. The summed E-state index contributed by atoms with van der Waals surface area (Å²) in [6.45, 7) is 4.97. The average molecular weight is 450 g/mol. The van der Waals surface area contributed by atoms with Gasteiger partial charge in [-0.1, -0.05) is 0 Å². The normalized spacial score (nSPS) is 14.2. The first-order valence-corrected chi connectivity index (χ1v) is 10.9. The molecule has 0 unspecified atom stereocenters. The topological polar surface area (TPSA) is 107 Å². The minimum Gasteiger partial charge on any atom is -0.462 e. The van der Waals surface area contributed by atoms with Crippen LogP contribution in [-0.4, -0.2) is 58.2 Å². The van der Waals surface area contributed by atoms with Crippen LogP contribution in [0, 0.1) is 6.92 Å². The fraction of sp³-hybridized carbons (Fsp3) is 0.333. The van der Waals surface area contributed by atoms with E-state index in [-0.39, 0.29) is 17.9 Å². The molecule has 1 aromatic carbocycles. The van der Waals surface area contributed by atoms with Crippen molar-refractivity contribution in [1.82, 2.24) is 20.0 Å². The number of ether oxygens (including phenoxy) is 1. The number of nitrogens with zero attached hydrogens (tertiary/aromatic N) is 3. The van der Waals surface area contributed by atoms with Crippen molar-refractivity contribution in [3.63, 3.8) is 0 Å². The van der Waals surface area contributed by atoms with Crippen LogP contribution in [0.5, 0.6) is 0 Å². The van der Waals surface area contributed by atoms with Crippen molar-refractivity contribution in [2.45, 2.75) is 32.7 Å². The number of hydrogen-bond donors (Lipinski definition) is 1. The first-order valence-electron chi connectivity index (χ1n) is 10.9. The molecule has 3 heterocycles. The zero-order valence-corrected chi connectivity index (χ0v) is 18.6. The smallest absolute Gasteiger partial charge is 0.341 e. The van der Waals surface area contributed by atoms with E-state index in [0.717, 1.165) is 5.69 Å². The van der Waals surface area contributed by atoms with E-state index in [2.05, 4.69) is 10.4 Å². The molecule has 9 heteroatoms. The van der Waals surface area contributed by atoms with Crippen molar-refractivity contribution in [3.8, 4) is 5.69 Å². The van der Waals surface area contributed by atoms with Crippen molar-refractivity contribution in [2.24, 2.45) is 0 Å². The third-order valence-corrected chi connectivity index (χ3v) is 5.73. The average Bonchev–Trinajstić information content (AvgIpc) is 3.49. The van der Waals surface area contributed by atoms with Crippen LogP contribution in [0.3, 0.4) is 0 Å². The largest absolute Gasteiger partial charge is 0.462 e. The van der Waals surface area contributed by atoms with Crippen molar-refractivity contribution in [1.29, 1.82) is 0 Å². The number of furan rings is 1. The minimum absolute atomic E-state index is 0.00155. The van der Waals surface area contributed by atoms with Crippen LogP contribution in [0.4, 0.5) is 0 Å². The Morgan fingerprint density at radius 3 is 2.52 bits per heavy atom. The molecular weight excluding hydrogens is 424 g/mol. The lowest BCUT2D eigenvalue weighted by Crippen LogP contribution is -2.46. The van der Waals surface area contributed by atoms with Crippen molar-refractivity contribution in [3.05, 3.63) is 71.4 Å². The number of esters is 1. The predicted molar refractivity (Wildman–Crippen MR) is 119 cm³/mol. The van der Waals surface area contributed by atoms with Crippen LogP contribution in [0.15, 0.2) is 53.3 Å². The van der Waals surface area contributed by atoms with Crippen LogP contribution in [0.2, 0.25) is 0 Å². The van der Waals surface area contributed by atoms with Gasteiger partial charge in [0.25, 0.3) is 11.8 Å². The highest BCUT2D eigenvalue weighted by Gasteiger charge is 2.26. The van der Waals surface area contributed by atoms with Gasteiger partial charge in [-0.05, 0) is 63.1 Å². The molecule has 1 N–H and O–H groups in total. The van der Waals surface area contributed by atoms with Gasteiger partial charge in [0.15, 0.2) is 5.76 Å². The first-order chi connectivity index (χ1) is 16.0. The zero-order valence-electron chi connectivity index (χ0n) is 18.6. The summed E-state index contributed by atoms with van der Waals surface area (Å²) in [7, 11) is 0. The zero-order chi connectivity index (χ0) is 23.4. The standard InChI is InChI=1S/C24H26N4O5/c1-3-32-24(31)20-15-25-28(16(20)2)19-8-6-17(7-9-19)22(29)26-18-10-12-27(13-11-18)23(30)21-5-4-14-33-21/h4-9,14-15,18H,3,10-13H2,1-2H3,(H,26,29). The van der Waals surface area contributed by atoms with E-state index in [1.54, 1.807) is 59.8 Å². The summed E-state index contributed by atoms with van der Waals surface area (Å²) >= 11 is 0. The molecule has 0 spiro atoms. The third-order valence-electron chi connectivity index (χ3n) is 5.73. The number of amides is 2. The summed E-state index contributed by atoms with van der Waals surface area (Å²) in [5.41, 5.74) is 2.35. The summed E-state index contributed by atoms with van der Waals surface area (Å²) in [4.78, 5) is 38.8. The number of hydrogen-bond acceptors (Lipinski definition) is 6. The Morgan fingerprint density at radius 1 is 1.15 bits per heavy atom. The fourth-order valence-electron chi connectivity index (χ4n) is 3.88. The number of benzene rings is 1. The maximum Gasteiger partial charge on any atom is 0.341 e. The van der Waals surface area contributed by atoms with Crippen molar-refractivity contribution >= 4 is 17.8 Å². The Labute approximate surface area is 191 Å². The van der Waals surface area contributed by atoms with Gasteiger partial charge in [0.05, 0.1) is 30.4 Å². The highest BCUT2D eigenvalue weighted by atomic mass is 16.5. The molecule has 2 aromatic heterocycles. The molecule has 0 atom stereocenters. The van der Waals surface area contributed by atoms with Crippen LogP contribution >= 0.6 is 0 Å². The minimum atomic E-state index is -0.408. The van der Waals surface area contributed by atoms with E-state index < -0.39 is 5.97 Å². The summed E-state index contributed by atoms with van der Waals surface area (Å²) in [5, 5.41) is 7.32. The van der Waals surface area contributed by atoms with Gasteiger partial charge >= 0.3 is 5.97 Å². The van der Waals surface area contributed by atoms with Gasteiger partial charge in [-0.3, -0.25) is 9.59 Å². The number of piperidine rings is 1. The second-order valence-electron chi connectivity index (χ2n) is 7.84. The Kier molecular flexibility index (Phi) is 6.58. The van der Waals surface area contributed by atoms with E-state index >= 15 is 0 Å². The highest BCUT2D eigenvalue weighted by Crippen LogP contribution is 2.18. The van der Waals surface area contributed by atoms with Crippen LogP contribution in [0.1, 0.15) is 56.7 Å². The molecule has 9 nitrogen and oxygen atoms in total. The lowest BCUT2D eigenvalue weighted by atomic mass is 10.0. The van der Waals surface area contributed by atoms with E-state index in [1.807, 2.05) is 0 Å². The molecular formula is C24H26N4O5. The van der Waals surface area contributed by atoms with Crippen LogP contribution < -0.4 is 5.32 Å². The molecule has 2 amide bonds. The number of carbonyl (C=O) groups excluding carboxylic acids is 3. The Balaban J connectivity index is 1.34. The van der Waals surface area contributed by atoms with Crippen molar-refractivity contribution in [2.75, 3.05) is 19.7 Å². The van der Waals surface area contributed by atoms with Gasteiger partial charge in [0, 0.05) is 24.7 Å². The Hall–Kier alpha value is -3.88. The molecule has 3 aromatic rings. The first kappa shape index (κ1) is 22.3. The summed E-state index contributed by atoms with van der Waals surface area (Å²) in [5.74, 6) is -0.365. The third kappa shape index (κ3) is 4.82. The predicted octanol–water partition coefficient (Wildman–Crippen LogP) is 2.99. The maximum atomic E-state index is 12.7. The van der Waals surface area contributed by atoms with Gasteiger partial charge in [-0.2, -0.15) is 5.10 Å². The molecule has 1 aliphatic rings. The SMILES string of the molecule is CCOC(=O)c1cnn(-c2ccc(C(=O)NC3CCN(C(=O)c4ccco4)CC3)cc2)c1C. The molecule has 0 bridgehead atoms. The molecule has 1 aliphatic heterocycles. The van der Waals surface area contributed by atoms with Crippen molar-refractivity contribution < 1.29 is 23.5 Å². The fourth-order valence-corrected chi connectivity index (χ4v) is 3.88. The number of nitrogens with one attached hydrogen (secondary N) is 1. The Morgan fingerprint density at radius 2 is 1.88 bits per heavy atom. The van der Waals surface area contributed by atoms with Crippen LogP contribution in [0.25, 0.3) is 5.69 Å². The van der Waals surface area contributed by atoms with E-state index in [1.165, 1.54) is 12.5 Å². The number of aromatic nitrogens is 2. The molecule has 1 fully saturated rings. The van der Waals surface area contributed by atoms with E-state index in [4.69, 9.17) is 9.15 Å². The van der Waals surface area contributed by atoms with E-state index in [9.17, 15) is 14.4 Å². The van der Waals surface area contributed by atoms with E-state index in [0.29, 0.717) is 55.1 Å². The van der Waals surface area contributed by atoms with Gasteiger partial charge in [-0.25, -0.2) is 9.48 Å². The molecule has 4 rings (SSSR count). The van der Waals surface area contributed by atoms with Gasteiger partial charge < -0.3 is 19.4 Å². The Bertz CT molecular complexity index is 1130. The number of rotatable bonds is 6. The lowest BCUT2D eigenvalue weighted by molar-refractivity contribution is 0.0524. The second kappa shape index (κ2) is 9.72. The summed E-state index contributed by atoms with van der Waals surface area (Å²) in [6, 6.07) is 10.4. The summed E-state index contributed by atoms with van der Waals surface area (Å²) in [6.07, 6.45) is 4.33. The molecule has 0 radical (unpaired) electrons. The number of likely N-dealkylation sites (tertiary alicyclic amines) is 1. The molecule has 1 saturated heterocycles. The molecule has 33 heavy (non-hydrogen) atoms. The second-order valence-corrected chi connectivity index (χ2v) is 7.84. The lowest BCUT2D eigenvalue weighted by Gasteiger charge is -2.31. The monoisotopic (exact) mass is 450 g/mol. The molecule has 0 saturated carbocycles. The van der Waals surface area contributed by atoms with Gasteiger partial charge in [-0.15, -0.1) is 0 Å². The van der Waals surface area contributed by atoms with Crippen LogP contribution in [-0.2, 0) is 4.74 Å².